The molecular weight excluding hydrogens is 442 g/mol. The van der Waals surface area contributed by atoms with Crippen molar-refractivity contribution in [2.75, 3.05) is 6.79 Å². The van der Waals surface area contributed by atoms with Crippen LogP contribution in [0.4, 0.5) is 0 Å². The molecule has 2 aliphatic rings. The van der Waals surface area contributed by atoms with Gasteiger partial charge < -0.3 is 24.3 Å². The zero-order valence-corrected chi connectivity index (χ0v) is 19.4. The van der Waals surface area contributed by atoms with Crippen LogP contribution in [0.25, 0.3) is 10.9 Å². The van der Waals surface area contributed by atoms with Gasteiger partial charge in [-0.3, -0.25) is 9.59 Å². The van der Waals surface area contributed by atoms with E-state index in [2.05, 4.69) is 5.32 Å². The Hall–Kier alpha value is -4.26. The third-order valence-corrected chi connectivity index (χ3v) is 6.90. The second kappa shape index (κ2) is 8.20. The Morgan fingerprint density at radius 3 is 2.57 bits per heavy atom. The fraction of sp³-hybridized carbons (Fsp3) is 0.214. The van der Waals surface area contributed by atoms with Crippen molar-refractivity contribution in [1.82, 2.24) is 14.8 Å². The molecule has 0 spiro atoms. The molecule has 0 bridgehead atoms. The number of ether oxygens (including phenoxy) is 2. The average Bonchev–Trinajstić information content (AvgIpc) is 3.50. The van der Waals surface area contributed by atoms with Gasteiger partial charge >= 0.3 is 0 Å². The van der Waals surface area contributed by atoms with Crippen molar-refractivity contribution >= 4 is 22.7 Å². The maximum atomic E-state index is 13.9. The van der Waals surface area contributed by atoms with E-state index >= 15 is 0 Å². The van der Waals surface area contributed by atoms with Crippen LogP contribution in [-0.4, -0.2) is 33.6 Å². The number of hydrogen-bond donors (Lipinski definition) is 1. The highest BCUT2D eigenvalue weighted by molar-refractivity contribution is 6.03. The number of para-hydroxylation sites is 1. The molecule has 1 N–H and O–H groups in total. The summed E-state index contributed by atoms with van der Waals surface area (Å²) in [6.45, 7) is 3.04. The predicted molar refractivity (Wildman–Crippen MR) is 131 cm³/mol. The van der Waals surface area contributed by atoms with Gasteiger partial charge in [-0.15, -0.1) is 0 Å². The molecule has 3 heterocycles. The van der Waals surface area contributed by atoms with Gasteiger partial charge in [0.1, 0.15) is 11.2 Å². The van der Waals surface area contributed by atoms with Crippen molar-refractivity contribution in [3.8, 4) is 11.5 Å². The van der Waals surface area contributed by atoms with Gasteiger partial charge in [0.05, 0.1) is 6.54 Å². The second-order valence-electron chi connectivity index (χ2n) is 9.20. The predicted octanol–water partition coefficient (Wildman–Crippen LogP) is 4.10. The SMILES string of the molecule is C[C@]1(C(=O)NCc2ccccc2)Cn2c(cc3ccccc32)C(=O)N1Cc1ccc2c(c1)OCO2. The number of carbonyl (C=O) groups is 2. The lowest BCUT2D eigenvalue weighted by Gasteiger charge is -2.44. The summed E-state index contributed by atoms with van der Waals surface area (Å²) in [5.74, 6) is 0.958. The van der Waals surface area contributed by atoms with Crippen LogP contribution in [0, 0.1) is 0 Å². The number of nitrogens with one attached hydrogen (secondary N) is 1. The number of aromatic nitrogens is 1. The Morgan fingerprint density at radius 1 is 0.943 bits per heavy atom. The molecule has 176 valence electrons. The number of carbonyl (C=O) groups excluding carboxylic acids is 2. The smallest absolute Gasteiger partial charge is 0.271 e. The minimum absolute atomic E-state index is 0.178. The van der Waals surface area contributed by atoms with E-state index in [-0.39, 0.29) is 25.2 Å². The van der Waals surface area contributed by atoms with Crippen LogP contribution in [0.3, 0.4) is 0 Å². The van der Waals surface area contributed by atoms with E-state index in [1.807, 2.05) is 90.4 Å². The zero-order chi connectivity index (χ0) is 24.0. The van der Waals surface area contributed by atoms with Crippen LogP contribution in [0.2, 0.25) is 0 Å². The highest BCUT2D eigenvalue weighted by Gasteiger charge is 2.47. The first-order chi connectivity index (χ1) is 17.0. The fourth-order valence-corrected chi connectivity index (χ4v) is 4.94. The van der Waals surface area contributed by atoms with E-state index in [9.17, 15) is 9.59 Å². The van der Waals surface area contributed by atoms with E-state index in [0.717, 1.165) is 22.0 Å². The maximum Gasteiger partial charge on any atom is 0.271 e. The summed E-state index contributed by atoms with van der Waals surface area (Å²) < 4.78 is 12.9. The maximum absolute atomic E-state index is 13.9. The summed E-state index contributed by atoms with van der Waals surface area (Å²) in [7, 11) is 0. The number of benzene rings is 3. The summed E-state index contributed by atoms with van der Waals surface area (Å²) in [6, 6.07) is 25.2. The van der Waals surface area contributed by atoms with Crippen molar-refractivity contribution in [1.29, 1.82) is 0 Å². The van der Waals surface area contributed by atoms with E-state index in [4.69, 9.17) is 9.47 Å². The van der Waals surface area contributed by atoms with Crippen molar-refractivity contribution in [2.24, 2.45) is 0 Å². The second-order valence-corrected chi connectivity index (χ2v) is 9.20. The number of fused-ring (bicyclic) bond motifs is 4. The highest BCUT2D eigenvalue weighted by atomic mass is 16.7. The third-order valence-electron chi connectivity index (χ3n) is 6.90. The highest BCUT2D eigenvalue weighted by Crippen LogP contribution is 2.36. The first-order valence-corrected chi connectivity index (χ1v) is 11.6. The summed E-state index contributed by atoms with van der Waals surface area (Å²) in [5.41, 5.74) is 2.30. The van der Waals surface area contributed by atoms with E-state index < -0.39 is 5.54 Å². The van der Waals surface area contributed by atoms with Gasteiger partial charge in [0.2, 0.25) is 12.7 Å². The molecule has 3 aromatic carbocycles. The molecule has 2 aliphatic heterocycles. The van der Waals surface area contributed by atoms with Crippen LogP contribution < -0.4 is 14.8 Å². The van der Waals surface area contributed by atoms with Gasteiger partial charge in [0.25, 0.3) is 5.91 Å². The number of nitrogens with zero attached hydrogens (tertiary/aromatic N) is 2. The van der Waals surface area contributed by atoms with Gasteiger partial charge in [-0.2, -0.15) is 0 Å². The van der Waals surface area contributed by atoms with Crippen LogP contribution in [0.5, 0.6) is 11.5 Å². The molecule has 6 rings (SSSR count). The molecule has 7 heteroatoms. The largest absolute Gasteiger partial charge is 0.454 e. The Kier molecular flexibility index (Phi) is 4.99. The number of hydrogen-bond acceptors (Lipinski definition) is 4. The Balaban J connectivity index is 1.38. The number of amides is 2. The summed E-state index contributed by atoms with van der Waals surface area (Å²) >= 11 is 0. The number of rotatable bonds is 5. The molecule has 0 saturated carbocycles. The van der Waals surface area contributed by atoms with E-state index in [1.165, 1.54) is 0 Å². The summed E-state index contributed by atoms with van der Waals surface area (Å²) in [5, 5.41) is 4.05. The Bertz CT molecular complexity index is 1450. The molecule has 2 amide bonds. The van der Waals surface area contributed by atoms with Gasteiger partial charge in [0.15, 0.2) is 11.5 Å². The Labute approximate surface area is 202 Å². The molecule has 35 heavy (non-hydrogen) atoms. The topological polar surface area (TPSA) is 72.8 Å². The minimum Gasteiger partial charge on any atom is -0.454 e. The van der Waals surface area contributed by atoms with Gasteiger partial charge in [-0.05, 0) is 42.3 Å². The lowest BCUT2D eigenvalue weighted by atomic mass is 9.93. The molecule has 0 unspecified atom stereocenters. The molecule has 0 aliphatic carbocycles. The van der Waals surface area contributed by atoms with Crippen molar-refractivity contribution in [2.45, 2.75) is 32.1 Å². The summed E-state index contributed by atoms with van der Waals surface area (Å²) in [6.07, 6.45) is 0. The van der Waals surface area contributed by atoms with E-state index in [1.54, 1.807) is 4.90 Å². The van der Waals surface area contributed by atoms with Gasteiger partial charge in [-0.1, -0.05) is 54.6 Å². The molecule has 0 fully saturated rings. The first-order valence-electron chi connectivity index (χ1n) is 11.6. The molecular formula is C28H25N3O4. The lowest BCUT2D eigenvalue weighted by Crippen LogP contribution is -2.63. The van der Waals surface area contributed by atoms with Gasteiger partial charge in [-0.25, -0.2) is 0 Å². The normalized spacial score (nSPS) is 18.5. The molecule has 7 nitrogen and oxygen atoms in total. The summed E-state index contributed by atoms with van der Waals surface area (Å²) in [4.78, 5) is 29.3. The van der Waals surface area contributed by atoms with Crippen LogP contribution in [0.1, 0.15) is 28.5 Å². The monoisotopic (exact) mass is 467 g/mol. The zero-order valence-electron chi connectivity index (χ0n) is 19.4. The average molecular weight is 468 g/mol. The van der Waals surface area contributed by atoms with Crippen LogP contribution >= 0.6 is 0 Å². The van der Waals surface area contributed by atoms with Crippen molar-refractivity contribution in [3.63, 3.8) is 0 Å². The quantitative estimate of drug-likeness (QED) is 0.480. The van der Waals surface area contributed by atoms with Crippen LogP contribution in [-0.2, 0) is 24.4 Å². The minimum atomic E-state index is -1.10. The third kappa shape index (κ3) is 3.60. The fourth-order valence-electron chi connectivity index (χ4n) is 4.94. The first kappa shape index (κ1) is 21.3. The Morgan fingerprint density at radius 2 is 1.71 bits per heavy atom. The van der Waals surface area contributed by atoms with Crippen LogP contribution in [0.15, 0.2) is 78.9 Å². The van der Waals surface area contributed by atoms with E-state index in [0.29, 0.717) is 30.3 Å². The molecule has 1 aromatic heterocycles. The van der Waals surface area contributed by atoms with Crippen molar-refractivity contribution in [3.05, 3.63) is 95.7 Å². The molecule has 4 aromatic rings. The van der Waals surface area contributed by atoms with Crippen molar-refractivity contribution < 1.29 is 19.1 Å². The standard InChI is InChI=1S/C28H25N3O4/c1-28(27(33)29-15-19-7-3-2-4-8-19)17-30-22-10-6-5-9-21(22)14-23(30)26(32)31(28)16-20-11-12-24-25(13-20)35-18-34-24/h2-14H,15-18H2,1H3,(H,29,33)/t28-/m1/s1. The molecule has 0 radical (unpaired) electrons. The molecule has 1 atom stereocenters. The van der Waals surface area contributed by atoms with Gasteiger partial charge in [0, 0.05) is 24.0 Å². The molecule has 0 saturated heterocycles. The lowest BCUT2D eigenvalue weighted by molar-refractivity contribution is -0.133.